The van der Waals surface area contributed by atoms with E-state index in [1.54, 1.807) is 43.3 Å². The Labute approximate surface area is 227 Å². The average Bonchev–Trinajstić information content (AvgIpc) is 2.93. The molecule has 0 saturated heterocycles. The molecule has 3 rings (SSSR count). The third-order valence-corrected chi connectivity index (χ3v) is 7.05. The Balaban J connectivity index is 1.52. The summed E-state index contributed by atoms with van der Waals surface area (Å²) in [6.07, 6.45) is 1.96. The number of carbonyl (C=O) groups excluding carboxylic acids is 3. The fourth-order valence-electron chi connectivity index (χ4n) is 3.34. The van der Waals surface area contributed by atoms with E-state index in [1.165, 1.54) is 24.3 Å². The molecule has 0 unspecified atom stereocenters. The molecule has 0 bridgehead atoms. The van der Waals surface area contributed by atoms with Crippen LogP contribution >= 0.6 is 0 Å². The largest absolute Gasteiger partial charge is 0.494 e. The third kappa shape index (κ3) is 8.37. The zero-order valence-electron chi connectivity index (χ0n) is 22.0. The molecule has 0 spiro atoms. The van der Waals surface area contributed by atoms with Crippen LogP contribution < -0.4 is 14.8 Å². The van der Waals surface area contributed by atoms with E-state index in [1.807, 2.05) is 18.6 Å². The second-order valence-corrected chi connectivity index (χ2v) is 10.3. The van der Waals surface area contributed by atoms with Gasteiger partial charge in [0.15, 0.2) is 0 Å². The number of nitrogens with one attached hydrogen (secondary N) is 2. The number of esters is 1. The van der Waals surface area contributed by atoms with Crippen molar-refractivity contribution in [3.63, 3.8) is 0 Å². The molecule has 3 aromatic rings. The van der Waals surface area contributed by atoms with Gasteiger partial charge < -0.3 is 14.8 Å². The van der Waals surface area contributed by atoms with E-state index < -0.39 is 21.9 Å². The molecule has 0 aliphatic rings. The Kier molecular flexibility index (Phi) is 10.2. The normalized spacial score (nSPS) is 11.8. The van der Waals surface area contributed by atoms with Crippen molar-refractivity contribution < 1.29 is 32.3 Å². The summed E-state index contributed by atoms with van der Waals surface area (Å²) in [5, 5.41) is 2.82. The smallest absolute Gasteiger partial charge is 0.357 e. The summed E-state index contributed by atoms with van der Waals surface area (Å²) in [4.78, 5) is 40.6. The Hall–Kier alpha value is -4.25. The molecule has 10 nitrogen and oxygen atoms in total. The van der Waals surface area contributed by atoms with E-state index in [9.17, 15) is 22.8 Å². The second kappa shape index (κ2) is 13.5. The summed E-state index contributed by atoms with van der Waals surface area (Å²) in [5.74, 6) is -1.05. The minimum atomic E-state index is -4.15. The van der Waals surface area contributed by atoms with Crippen LogP contribution in [0.3, 0.4) is 0 Å². The molecule has 0 fully saturated rings. The Morgan fingerprint density at radius 1 is 0.897 bits per heavy atom. The van der Waals surface area contributed by atoms with Crippen LogP contribution in [0.15, 0.2) is 71.8 Å². The van der Waals surface area contributed by atoms with Gasteiger partial charge in [0.1, 0.15) is 11.4 Å². The molecule has 0 radical (unpaired) electrons. The van der Waals surface area contributed by atoms with E-state index in [2.05, 4.69) is 10.3 Å². The molecule has 11 heteroatoms. The first-order chi connectivity index (χ1) is 18.6. The fourth-order valence-corrected chi connectivity index (χ4v) is 4.32. The first-order valence-corrected chi connectivity index (χ1v) is 14.0. The molecular formula is C28H31N3O7S. The maximum atomic E-state index is 12.7. The van der Waals surface area contributed by atoms with Gasteiger partial charge in [-0.3, -0.25) is 9.59 Å². The van der Waals surface area contributed by atoms with Gasteiger partial charge in [-0.05, 0) is 80.8 Å². The highest BCUT2D eigenvalue weighted by Gasteiger charge is 2.20. The van der Waals surface area contributed by atoms with Gasteiger partial charge >= 0.3 is 5.97 Å². The molecule has 39 heavy (non-hydrogen) atoms. The van der Waals surface area contributed by atoms with E-state index in [0.717, 1.165) is 11.8 Å². The highest BCUT2D eigenvalue weighted by atomic mass is 32.2. The van der Waals surface area contributed by atoms with Gasteiger partial charge in [0.2, 0.25) is 0 Å². The van der Waals surface area contributed by atoms with Crippen LogP contribution in [0.2, 0.25) is 0 Å². The minimum Gasteiger partial charge on any atom is -0.494 e. The molecule has 1 atom stereocenters. The Bertz CT molecular complexity index is 1390. The van der Waals surface area contributed by atoms with E-state index >= 15 is 0 Å². The topological polar surface area (TPSA) is 141 Å². The van der Waals surface area contributed by atoms with E-state index in [0.29, 0.717) is 37.3 Å². The van der Waals surface area contributed by atoms with Crippen molar-refractivity contribution in [3.8, 4) is 5.75 Å². The number of ether oxygens (including phenoxy) is 2. The lowest BCUT2D eigenvalue weighted by molar-refractivity contribution is 0.0327. The van der Waals surface area contributed by atoms with Crippen molar-refractivity contribution in [2.75, 3.05) is 13.2 Å². The Morgan fingerprint density at radius 3 is 2.15 bits per heavy atom. The first-order valence-electron chi connectivity index (χ1n) is 12.5. The monoisotopic (exact) mass is 553 g/mol. The molecular weight excluding hydrogens is 522 g/mol. The molecule has 2 amide bonds. The molecule has 206 valence electrons. The summed E-state index contributed by atoms with van der Waals surface area (Å²) >= 11 is 0. The zero-order chi connectivity index (χ0) is 28.4. The summed E-state index contributed by atoms with van der Waals surface area (Å²) in [6.45, 7) is 6.40. The van der Waals surface area contributed by atoms with Crippen molar-refractivity contribution in [1.82, 2.24) is 15.0 Å². The quantitative estimate of drug-likeness (QED) is 0.325. The number of rotatable bonds is 12. The predicted molar refractivity (Wildman–Crippen MR) is 144 cm³/mol. The van der Waals surface area contributed by atoms with Gasteiger partial charge in [-0.25, -0.2) is 22.9 Å². The zero-order valence-corrected chi connectivity index (χ0v) is 22.8. The highest BCUT2D eigenvalue weighted by Crippen LogP contribution is 2.14. The van der Waals surface area contributed by atoms with Crippen LogP contribution in [0.4, 0.5) is 0 Å². The van der Waals surface area contributed by atoms with Gasteiger partial charge in [-0.1, -0.05) is 19.1 Å². The van der Waals surface area contributed by atoms with Crippen molar-refractivity contribution in [1.29, 1.82) is 0 Å². The van der Waals surface area contributed by atoms with Crippen LogP contribution in [-0.4, -0.2) is 50.4 Å². The fraction of sp³-hybridized carbons (Fsp3) is 0.286. The molecule has 0 saturated carbocycles. The van der Waals surface area contributed by atoms with Gasteiger partial charge in [-0.2, -0.15) is 0 Å². The number of pyridine rings is 1. The third-order valence-electron chi connectivity index (χ3n) is 5.71. The number of benzene rings is 2. The van der Waals surface area contributed by atoms with Crippen LogP contribution in [0, 0.1) is 0 Å². The maximum absolute atomic E-state index is 12.7. The maximum Gasteiger partial charge on any atom is 0.357 e. The van der Waals surface area contributed by atoms with Crippen LogP contribution in [0.25, 0.3) is 0 Å². The number of nitrogens with zero attached hydrogens (tertiary/aromatic N) is 1. The summed E-state index contributed by atoms with van der Waals surface area (Å²) in [7, 11) is -4.15. The number of aromatic nitrogens is 1. The van der Waals surface area contributed by atoms with Crippen LogP contribution in [0.5, 0.6) is 5.75 Å². The van der Waals surface area contributed by atoms with Gasteiger partial charge in [0.25, 0.3) is 21.8 Å². The molecule has 1 aromatic heterocycles. The molecule has 2 N–H and O–H groups in total. The van der Waals surface area contributed by atoms with E-state index in [-0.39, 0.29) is 28.2 Å². The lowest BCUT2D eigenvalue weighted by Gasteiger charge is -2.11. The summed E-state index contributed by atoms with van der Waals surface area (Å²) < 4.78 is 37.9. The number of hydrogen-bond donors (Lipinski definition) is 2. The standard InChI is InChI=1S/C28H31N3O7S/c1-4-19(3)38-28(34)25-15-10-22(18-30-25)27(33)31-39(35,36)24-13-6-20(7-14-24)16-17-29-26(32)21-8-11-23(12-9-21)37-5-2/h6-15,18-19H,4-5,16-17H2,1-3H3,(H,29,32)(H,31,33)/t19-/m1/s1. The van der Waals surface area contributed by atoms with Gasteiger partial charge in [-0.15, -0.1) is 0 Å². The van der Waals surface area contributed by atoms with Crippen LogP contribution in [-0.2, 0) is 21.2 Å². The van der Waals surface area contributed by atoms with Crippen molar-refractivity contribution in [2.45, 2.75) is 44.6 Å². The summed E-state index contributed by atoms with van der Waals surface area (Å²) in [6, 6.07) is 15.4. The first kappa shape index (κ1) is 29.3. The van der Waals surface area contributed by atoms with Crippen molar-refractivity contribution in [3.05, 3.63) is 89.2 Å². The van der Waals surface area contributed by atoms with Crippen LogP contribution in [0.1, 0.15) is 64.0 Å². The highest BCUT2D eigenvalue weighted by molar-refractivity contribution is 7.90. The molecule has 1 heterocycles. The number of sulfonamides is 1. The average molecular weight is 554 g/mol. The lowest BCUT2D eigenvalue weighted by atomic mass is 10.1. The lowest BCUT2D eigenvalue weighted by Crippen LogP contribution is -2.30. The SMILES string of the molecule is CCOc1ccc(C(=O)NCCc2ccc(S(=O)(=O)NC(=O)c3ccc(C(=O)O[C@H](C)CC)nc3)cc2)cc1. The van der Waals surface area contributed by atoms with E-state index in [4.69, 9.17) is 9.47 Å². The molecule has 0 aliphatic carbocycles. The predicted octanol–water partition coefficient (Wildman–Crippen LogP) is 3.53. The van der Waals surface area contributed by atoms with Crippen molar-refractivity contribution in [2.24, 2.45) is 0 Å². The Morgan fingerprint density at radius 2 is 1.56 bits per heavy atom. The second-order valence-electron chi connectivity index (χ2n) is 8.60. The minimum absolute atomic E-state index is 0.0148. The van der Waals surface area contributed by atoms with Crippen molar-refractivity contribution >= 4 is 27.8 Å². The van der Waals surface area contributed by atoms with Gasteiger partial charge in [0, 0.05) is 18.3 Å². The van der Waals surface area contributed by atoms with Gasteiger partial charge in [0.05, 0.1) is 23.2 Å². The molecule has 2 aromatic carbocycles. The number of amides is 2. The number of carbonyl (C=O) groups is 3. The number of hydrogen-bond acceptors (Lipinski definition) is 8. The summed E-state index contributed by atoms with van der Waals surface area (Å²) in [5.41, 5.74) is 1.29. The molecule has 0 aliphatic heterocycles.